The lowest BCUT2D eigenvalue weighted by molar-refractivity contribution is -0.113. The van der Waals surface area contributed by atoms with Gasteiger partial charge in [0.25, 0.3) is 0 Å². The van der Waals surface area contributed by atoms with Crippen LogP contribution in [0.1, 0.15) is 11.1 Å². The molecule has 0 atom stereocenters. The predicted molar refractivity (Wildman–Crippen MR) is 131 cm³/mol. The fraction of sp³-hybridized carbons (Fsp3) is 0.120. The van der Waals surface area contributed by atoms with Crippen molar-refractivity contribution in [1.82, 2.24) is 0 Å². The van der Waals surface area contributed by atoms with Crippen molar-refractivity contribution in [2.45, 2.75) is 6.54 Å². The molecule has 31 heavy (non-hydrogen) atoms. The summed E-state index contributed by atoms with van der Waals surface area (Å²) in [5.41, 5.74) is 2.91. The summed E-state index contributed by atoms with van der Waals surface area (Å²) in [5, 5.41) is 0. The molecule has 0 aliphatic rings. The largest absolute Gasteiger partial charge is 0.495 e. The molecule has 3 rings (SSSR count). The quantitative estimate of drug-likeness (QED) is 0.272. The van der Waals surface area contributed by atoms with Gasteiger partial charge in [-0.25, -0.2) is 0 Å². The Morgan fingerprint density at radius 3 is 2.35 bits per heavy atom. The summed E-state index contributed by atoms with van der Waals surface area (Å²) in [6.07, 6.45) is 0.784. The number of para-hydroxylation sites is 3. The molecule has 0 radical (unpaired) electrons. The number of ether oxygens (including phenoxy) is 1. The Morgan fingerprint density at radius 1 is 1.00 bits per heavy atom. The van der Waals surface area contributed by atoms with Gasteiger partial charge in [-0.2, -0.15) is 0 Å². The van der Waals surface area contributed by atoms with Gasteiger partial charge in [0, 0.05) is 22.1 Å². The highest BCUT2D eigenvalue weighted by molar-refractivity contribution is 14.1. The van der Waals surface area contributed by atoms with E-state index in [2.05, 4.69) is 34.4 Å². The summed E-state index contributed by atoms with van der Waals surface area (Å²) in [6.45, 7) is 0.413. The van der Waals surface area contributed by atoms with E-state index in [0.717, 1.165) is 15.5 Å². The smallest absolute Gasteiger partial charge is 0.303 e. The molecule has 0 unspecified atom stereocenters. The predicted octanol–water partition coefficient (Wildman–Crippen LogP) is 4.48. The van der Waals surface area contributed by atoms with Gasteiger partial charge in [-0.05, 0) is 58.5 Å². The fourth-order valence-corrected chi connectivity index (χ4v) is 3.60. The standard InChI is InChI=1S/C25H21IN2O3/c1-27(23-13-7-8-14-24(23)31-2)25(30)16-15-19-9-4-6-12-22(19)28(18-29)17-20-10-3-5-11-21(20)26/h3-14,18H,17H2,1-2H3. The number of hydrogen-bond acceptors (Lipinski definition) is 3. The van der Waals surface area contributed by atoms with Crippen LogP contribution < -0.4 is 14.5 Å². The van der Waals surface area contributed by atoms with Gasteiger partial charge >= 0.3 is 5.91 Å². The second-order valence-corrected chi connectivity index (χ2v) is 7.79. The average molecular weight is 524 g/mol. The van der Waals surface area contributed by atoms with Gasteiger partial charge in [-0.3, -0.25) is 9.59 Å². The molecule has 0 aromatic heterocycles. The number of carbonyl (C=O) groups excluding carboxylic acids is 2. The Morgan fingerprint density at radius 2 is 1.65 bits per heavy atom. The van der Waals surface area contributed by atoms with Crippen molar-refractivity contribution in [1.29, 1.82) is 0 Å². The van der Waals surface area contributed by atoms with Crippen LogP contribution in [0.5, 0.6) is 5.75 Å². The second kappa shape index (κ2) is 10.6. The highest BCUT2D eigenvalue weighted by Crippen LogP contribution is 2.27. The molecule has 2 amide bonds. The van der Waals surface area contributed by atoms with E-state index in [1.165, 1.54) is 4.90 Å². The molecule has 0 heterocycles. The number of methoxy groups -OCH3 is 1. The van der Waals surface area contributed by atoms with E-state index in [9.17, 15) is 9.59 Å². The Kier molecular flexibility index (Phi) is 7.68. The van der Waals surface area contributed by atoms with Gasteiger partial charge in [0.1, 0.15) is 5.75 Å². The molecule has 0 saturated carbocycles. The highest BCUT2D eigenvalue weighted by Gasteiger charge is 2.14. The lowest BCUT2D eigenvalue weighted by Crippen LogP contribution is -2.25. The van der Waals surface area contributed by atoms with Crippen molar-refractivity contribution in [3.8, 4) is 17.6 Å². The van der Waals surface area contributed by atoms with Crippen molar-refractivity contribution in [2.24, 2.45) is 0 Å². The molecule has 0 aliphatic carbocycles. The summed E-state index contributed by atoms with van der Waals surface area (Å²) in [5.74, 6) is 5.82. The van der Waals surface area contributed by atoms with Gasteiger partial charge < -0.3 is 14.5 Å². The van der Waals surface area contributed by atoms with Crippen molar-refractivity contribution in [3.05, 3.63) is 87.5 Å². The number of benzene rings is 3. The van der Waals surface area contributed by atoms with Crippen LogP contribution in [0.2, 0.25) is 0 Å². The normalized spacial score (nSPS) is 9.90. The summed E-state index contributed by atoms with van der Waals surface area (Å²) in [7, 11) is 3.21. The second-order valence-electron chi connectivity index (χ2n) is 6.63. The third kappa shape index (κ3) is 5.44. The molecule has 0 N–H and O–H groups in total. The van der Waals surface area contributed by atoms with Gasteiger partial charge in [0.05, 0.1) is 25.0 Å². The topological polar surface area (TPSA) is 49.9 Å². The first kappa shape index (κ1) is 22.4. The van der Waals surface area contributed by atoms with Crippen LogP contribution in [0.15, 0.2) is 72.8 Å². The van der Waals surface area contributed by atoms with Crippen LogP contribution >= 0.6 is 22.6 Å². The molecular formula is C25H21IN2O3. The van der Waals surface area contributed by atoms with Crippen LogP contribution in [-0.4, -0.2) is 26.5 Å². The van der Waals surface area contributed by atoms with Crippen LogP contribution in [0.25, 0.3) is 0 Å². The van der Waals surface area contributed by atoms with Crippen molar-refractivity contribution < 1.29 is 14.3 Å². The third-order valence-electron chi connectivity index (χ3n) is 4.69. The first-order chi connectivity index (χ1) is 15.0. The van der Waals surface area contributed by atoms with E-state index in [1.54, 1.807) is 37.3 Å². The van der Waals surface area contributed by atoms with Crippen molar-refractivity contribution in [2.75, 3.05) is 24.0 Å². The van der Waals surface area contributed by atoms with Crippen molar-refractivity contribution >= 4 is 46.3 Å². The zero-order valence-electron chi connectivity index (χ0n) is 17.2. The van der Waals surface area contributed by atoms with Crippen LogP contribution in [0, 0.1) is 15.4 Å². The van der Waals surface area contributed by atoms with E-state index in [1.807, 2.05) is 54.6 Å². The van der Waals surface area contributed by atoms with Crippen LogP contribution in [0.4, 0.5) is 11.4 Å². The maximum Gasteiger partial charge on any atom is 0.303 e. The Balaban J connectivity index is 1.87. The fourth-order valence-electron chi connectivity index (χ4n) is 3.04. The van der Waals surface area contributed by atoms with Gasteiger partial charge in [0.15, 0.2) is 0 Å². The third-order valence-corrected chi connectivity index (χ3v) is 5.75. The molecule has 156 valence electrons. The number of carbonyl (C=O) groups is 2. The Bertz CT molecular complexity index is 1150. The lowest BCUT2D eigenvalue weighted by atomic mass is 10.1. The zero-order valence-corrected chi connectivity index (χ0v) is 19.4. The molecule has 0 spiro atoms. The number of rotatable bonds is 6. The van der Waals surface area contributed by atoms with Gasteiger partial charge in [0.2, 0.25) is 6.41 Å². The Labute approximate surface area is 195 Å². The minimum Gasteiger partial charge on any atom is -0.495 e. The first-order valence-corrected chi connectivity index (χ1v) is 10.6. The molecule has 5 nitrogen and oxygen atoms in total. The van der Waals surface area contributed by atoms with E-state index in [4.69, 9.17) is 4.74 Å². The number of anilines is 2. The maximum atomic E-state index is 12.7. The minimum absolute atomic E-state index is 0.380. The molecule has 3 aromatic carbocycles. The lowest BCUT2D eigenvalue weighted by Gasteiger charge is -2.20. The number of halogens is 1. The monoisotopic (exact) mass is 524 g/mol. The number of amides is 2. The maximum absolute atomic E-state index is 12.7. The molecule has 3 aromatic rings. The molecule has 0 bridgehead atoms. The molecule has 0 aliphatic heterocycles. The summed E-state index contributed by atoms with van der Waals surface area (Å²) in [4.78, 5) is 27.6. The SMILES string of the molecule is COc1ccccc1N(C)C(=O)C#Cc1ccccc1N(C=O)Cc1ccccc1I. The van der Waals surface area contributed by atoms with E-state index in [0.29, 0.717) is 29.2 Å². The number of nitrogens with zero attached hydrogens (tertiary/aromatic N) is 2. The number of hydrogen-bond donors (Lipinski definition) is 0. The summed E-state index contributed by atoms with van der Waals surface area (Å²) >= 11 is 2.25. The van der Waals surface area contributed by atoms with Crippen LogP contribution in [0.3, 0.4) is 0 Å². The minimum atomic E-state index is -0.380. The summed E-state index contributed by atoms with van der Waals surface area (Å²) < 4.78 is 6.40. The molecule has 6 heteroatoms. The molecule has 0 fully saturated rings. The molecule has 0 saturated heterocycles. The van der Waals surface area contributed by atoms with Gasteiger partial charge in [-0.1, -0.05) is 48.4 Å². The Hall–Kier alpha value is -3.31. The average Bonchev–Trinajstić information content (AvgIpc) is 2.81. The molecular weight excluding hydrogens is 503 g/mol. The van der Waals surface area contributed by atoms with E-state index in [-0.39, 0.29) is 5.91 Å². The zero-order chi connectivity index (χ0) is 22.2. The first-order valence-electron chi connectivity index (χ1n) is 9.52. The van der Waals surface area contributed by atoms with E-state index >= 15 is 0 Å². The van der Waals surface area contributed by atoms with Crippen LogP contribution in [-0.2, 0) is 16.1 Å². The summed E-state index contributed by atoms with van der Waals surface area (Å²) in [6, 6.07) is 22.4. The van der Waals surface area contributed by atoms with Crippen molar-refractivity contribution in [3.63, 3.8) is 0 Å². The highest BCUT2D eigenvalue weighted by atomic mass is 127. The van der Waals surface area contributed by atoms with Gasteiger partial charge in [-0.15, -0.1) is 0 Å². The van der Waals surface area contributed by atoms with E-state index < -0.39 is 0 Å².